The van der Waals surface area contributed by atoms with Gasteiger partial charge in [-0.25, -0.2) is 0 Å². The van der Waals surface area contributed by atoms with Crippen molar-refractivity contribution in [3.63, 3.8) is 0 Å². The van der Waals surface area contributed by atoms with Crippen molar-refractivity contribution in [3.05, 3.63) is 0 Å². The van der Waals surface area contributed by atoms with Crippen molar-refractivity contribution in [2.45, 2.75) is 44.6 Å². The van der Waals surface area contributed by atoms with Gasteiger partial charge in [0.05, 0.1) is 0 Å². The van der Waals surface area contributed by atoms with Gasteiger partial charge in [-0.15, -0.1) is 0 Å². The second-order valence-electron chi connectivity index (χ2n) is 4.69. The van der Waals surface area contributed by atoms with Crippen LogP contribution in [-0.2, 0) is 4.74 Å². The van der Waals surface area contributed by atoms with E-state index in [4.69, 9.17) is 10.6 Å². The van der Waals surface area contributed by atoms with Crippen LogP contribution in [-0.4, -0.2) is 19.3 Å². The summed E-state index contributed by atoms with van der Waals surface area (Å²) >= 11 is 0. The maximum atomic E-state index is 5.69. The number of nitrogens with two attached hydrogens (primary N) is 1. The Hall–Kier alpha value is -0.120. The molecule has 1 unspecified atom stereocenters. The van der Waals surface area contributed by atoms with Crippen molar-refractivity contribution in [2.75, 3.05) is 13.2 Å². The Morgan fingerprint density at radius 1 is 1.00 bits per heavy atom. The van der Waals surface area contributed by atoms with Crippen LogP contribution in [0.15, 0.2) is 0 Å². The Morgan fingerprint density at radius 2 is 1.57 bits per heavy atom. The van der Waals surface area contributed by atoms with Gasteiger partial charge < -0.3 is 4.74 Å². The molecule has 14 heavy (non-hydrogen) atoms. The molecule has 0 bridgehead atoms. The third kappa shape index (κ3) is 2.27. The first kappa shape index (κ1) is 10.4. The zero-order chi connectivity index (χ0) is 9.80. The lowest BCUT2D eigenvalue weighted by Crippen LogP contribution is -2.47. The molecule has 1 heterocycles. The van der Waals surface area contributed by atoms with E-state index >= 15 is 0 Å². The first-order valence-electron chi connectivity index (χ1n) is 5.95. The van der Waals surface area contributed by atoms with Crippen LogP contribution in [0, 0.1) is 11.8 Å². The van der Waals surface area contributed by atoms with Gasteiger partial charge in [0, 0.05) is 19.3 Å². The molecule has 3 nitrogen and oxygen atoms in total. The van der Waals surface area contributed by atoms with Crippen LogP contribution in [0.1, 0.15) is 38.5 Å². The number of hydrogen-bond acceptors (Lipinski definition) is 3. The molecule has 0 radical (unpaired) electrons. The monoisotopic (exact) mass is 198 g/mol. The minimum atomic E-state index is 0.543. The van der Waals surface area contributed by atoms with E-state index in [1.54, 1.807) is 0 Å². The largest absolute Gasteiger partial charge is 0.381 e. The quantitative estimate of drug-likeness (QED) is 0.533. The number of hydrogen-bond donors (Lipinski definition) is 2. The standard InChI is InChI=1S/C11H22N2O/c12-13-11(9-3-1-2-4-9)10-5-7-14-8-6-10/h9-11,13H,1-8,12H2. The molecule has 82 valence electrons. The van der Waals surface area contributed by atoms with Crippen molar-refractivity contribution < 1.29 is 4.74 Å². The van der Waals surface area contributed by atoms with Gasteiger partial charge in [-0.1, -0.05) is 12.8 Å². The molecule has 2 rings (SSSR count). The second-order valence-corrected chi connectivity index (χ2v) is 4.69. The Morgan fingerprint density at radius 3 is 2.14 bits per heavy atom. The molecule has 0 aromatic rings. The maximum absolute atomic E-state index is 5.69. The summed E-state index contributed by atoms with van der Waals surface area (Å²) in [6.07, 6.45) is 7.90. The van der Waals surface area contributed by atoms with Gasteiger partial charge >= 0.3 is 0 Å². The van der Waals surface area contributed by atoms with Crippen molar-refractivity contribution >= 4 is 0 Å². The lowest BCUT2D eigenvalue weighted by Gasteiger charge is -2.33. The molecule has 1 atom stereocenters. The van der Waals surface area contributed by atoms with Gasteiger partial charge in [-0.05, 0) is 37.5 Å². The Labute approximate surface area is 86.4 Å². The predicted molar refractivity (Wildman–Crippen MR) is 56.6 cm³/mol. The van der Waals surface area contributed by atoms with Crippen LogP contribution < -0.4 is 11.3 Å². The average Bonchev–Trinajstić information content (AvgIpc) is 2.74. The van der Waals surface area contributed by atoms with Crippen molar-refractivity contribution in [1.29, 1.82) is 0 Å². The third-order valence-electron chi connectivity index (χ3n) is 3.87. The fourth-order valence-electron chi connectivity index (χ4n) is 3.05. The molecule has 0 spiro atoms. The van der Waals surface area contributed by atoms with Gasteiger partial charge in [-0.2, -0.15) is 0 Å². The molecule has 2 fully saturated rings. The van der Waals surface area contributed by atoms with Gasteiger partial charge in [0.15, 0.2) is 0 Å². The van der Waals surface area contributed by atoms with Crippen LogP contribution in [0.3, 0.4) is 0 Å². The summed E-state index contributed by atoms with van der Waals surface area (Å²) in [7, 11) is 0. The molecule has 1 saturated heterocycles. The summed E-state index contributed by atoms with van der Waals surface area (Å²) in [5, 5.41) is 0. The van der Waals surface area contributed by atoms with E-state index in [1.165, 1.54) is 38.5 Å². The lowest BCUT2D eigenvalue weighted by molar-refractivity contribution is 0.0448. The molecule has 0 aromatic heterocycles. The molecule has 3 N–H and O–H groups in total. The van der Waals surface area contributed by atoms with Crippen LogP contribution in [0.5, 0.6) is 0 Å². The fourth-order valence-corrected chi connectivity index (χ4v) is 3.05. The minimum Gasteiger partial charge on any atom is -0.381 e. The number of rotatable bonds is 3. The normalized spacial score (nSPS) is 28.1. The van der Waals surface area contributed by atoms with Gasteiger partial charge in [0.1, 0.15) is 0 Å². The SMILES string of the molecule is NNC(C1CCCC1)C1CCOCC1. The summed E-state index contributed by atoms with van der Waals surface area (Å²) < 4.78 is 5.39. The van der Waals surface area contributed by atoms with E-state index in [0.29, 0.717) is 6.04 Å². The van der Waals surface area contributed by atoms with E-state index in [2.05, 4.69) is 5.43 Å². The van der Waals surface area contributed by atoms with Crippen LogP contribution >= 0.6 is 0 Å². The smallest absolute Gasteiger partial charge is 0.0469 e. The molecule has 1 saturated carbocycles. The molecule has 0 aromatic carbocycles. The van der Waals surface area contributed by atoms with E-state index in [9.17, 15) is 0 Å². The van der Waals surface area contributed by atoms with E-state index in [0.717, 1.165) is 25.0 Å². The maximum Gasteiger partial charge on any atom is 0.0469 e. The van der Waals surface area contributed by atoms with Gasteiger partial charge in [0.2, 0.25) is 0 Å². The zero-order valence-electron chi connectivity index (χ0n) is 8.87. The molecule has 3 heteroatoms. The Kier molecular flexibility index (Phi) is 3.79. The van der Waals surface area contributed by atoms with E-state index < -0.39 is 0 Å². The summed E-state index contributed by atoms with van der Waals surface area (Å²) in [6.45, 7) is 1.85. The Balaban J connectivity index is 1.89. The molecule has 0 amide bonds. The second kappa shape index (κ2) is 5.10. The summed E-state index contributed by atoms with van der Waals surface area (Å²) in [5.74, 6) is 7.26. The molecular weight excluding hydrogens is 176 g/mol. The Bertz CT molecular complexity index is 163. The first-order valence-corrected chi connectivity index (χ1v) is 5.95. The number of nitrogens with one attached hydrogen (secondary N) is 1. The molecular formula is C11H22N2O. The number of hydrazine groups is 1. The van der Waals surface area contributed by atoms with Gasteiger partial charge in [0.25, 0.3) is 0 Å². The minimum absolute atomic E-state index is 0.543. The van der Waals surface area contributed by atoms with Crippen molar-refractivity contribution in [2.24, 2.45) is 17.7 Å². The highest BCUT2D eigenvalue weighted by Crippen LogP contribution is 2.33. The molecule has 1 aliphatic heterocycles. The summed E-state index contributed by atoms with van der Waals surface area (Å²) in [6, 6.07) is 0.543. The molecule has 2 aliphatic rings. The first-order chi connectivity index (χ1) is 6.92. The lowest BCUT2D eigenvalue weighted by atomic mass is 9.83. The van der Waals surface area contributed by atoms with Crippen LogP contribution in [0.2, 0.25) is 0 Å². The average molecular weight is 198 g/mol. The summed E-state index contributed by atoms with van der Waals surface area (Å²) in [5.41, 5.74) is 3.06. The van der Waals surface area contributed by atoms with Crippen LogP contribution in [0.4, 0.5) is 0 Å². The third-order valence-corrected chi connectivity index (χ3v) is 3.87. The van der Waals surface area contributed by atoms with Gasteiger partial charge in [-0.3, -0.25) is 11.3 Å². The van der Waals surface area contributed by atoms with E-state index in [-0.39, 0.29) is 0 Å². The highest BCUT2D eigenvalue weighted by atomic mass is 16.5. The zero-order valence-corrected chi connectivity index (χ0v) is 8.87. The fraction of sp³-hybridized carbons (Fsp3) is 1.00. The molecule has 1 aliphatic carbocycles. The van der Waals surface area contributed by atoms with Crippen molar-refractivity contribution in [3.8, 4) is 0 Å². The van der Waals surface area contributed by atoms with E-state index in [1.807, 2.05) is 0 Å². The predicted octanol–water partition coefficient (Wildman–Crippen LogP) is 1.44. The number of ether oxygens (including phenoxy) is 1. The highest BCUT2D eigenvalue weighted by Gasteiger charge is 2.31. The van der Waals surface area contributed by atoms with Crippen LogP contribution in [0.25, 0.3) is 0 Å². The highest BCUT2D eigenvalue weighted by molar-refractivity contribution is 4.85. The summed E-state index contributed by atoms with van der Waals surface area (Å²) in [4.78, 5) is 0. The topological polar surface area (TPSA) is 47.3 Å². The van der Waals surface area contributed by atoms with Crippen molar-refractivity contribution in [1.82, 2.24) is 5.43 Å².